The first-order valence-corrected chi connectivity index (χ1v) is 10.6. The van der Waals surface area contributed by atoms with E-state index in [0.717, 1.165) is 56.7 Å². The summed E-state index contributed by atoms with van der Waals surface area (Å²) in [6, 6.07) is 2.62. The second-order valence-electron chi connectivity index (χ2n) is 6.70. The van der Waals surface area contributed by atoms with Gasteiger partial charge in [0, 0.05) is 6.04 Å². The molecule has 7 nitrogen and oxygen atoms in total. The molecule has 1 aliphatic rings. The molecule has 0 spiro atoms. The Labute approximate surface area is 162 Å². The van der Waals surface area contributed by atoms with E-state index in [1.807, 2.05) is 0 Å². The lowest BCUT2D eigenvalue weighted by molar-refractivity contribution is -0.153. The van der Waals surface area contributed by atoms with E-state index in [4.69, 9.17) is 4.74 Å². The summed E-state index contributed by atoms with van der Waals surface area (Å²) in [4.78, 5) is 22.8. The molecule has 1 atom stereocenters. The summed E-state index contributed by atoms with van der Waals surface area (Å²) in [5.41, 5.74) is 0. The quantitative estimate of drug-likeness (QED) is 0.521. The zero-order valence-corrected chi connectivity index (χ0v) is 16.4. The Kier molecular flexibility index (Phi) is 7.88. The van der Waals surface area contributed by atoms with Gasteiger partial charge in [-0.1, -0.05) is 31.7 Å². The van der Waals surface area contributed by atoms with E-state index in [-0.39, 0.29) is 6.04 Å². The summed E-state index contributed by atoms with van der Waals surface area (Å²) < 4.78 is 57.9. The molecule has 10 heteroatoms. The highest BCUT2D eigenvalue weighted by atomic mass is 32.2. The summed E-state index contributed by atoms with van der Waals surface area (Å²) in [5, 5.41) is 2.82. The Bertz CT molecular complexity index is 788. The Morgan fingerprint density at radius 2 is 1.71 bits per heavy atom. The number of nitrogens with one attached hydrogen (secondary N) is 2. The van der Waals surface area contributed by atoms with Gasteiger partial charge in [0.15, 0.2) is 11.0 Å². The highest BCUT2D eigenvalue weighted by Crippen LogP contribution is 2.18. The lowest BCUT2D eigenvalue weighted by atomic mass is 10.1. The van der Waals surface area contributed by atoms with Gasteiger partial charge in [-0.3, -0.25) is 9.59 Å². The second kappa shape index (κ2) is 9.92. The average Bonchev–Trinajstić information content (AvgIpc) is 2.88. The highest BCUT2D eigenvalue weighted by molar-refractivity contribution is 7.89. The van der Waals surface area contributed by atoms with Gasteiger partial charge in [0.1, 0.15) is 18.2 Å². The van der Waals surface area contributed by atoms with Crippen LogP contribution in [0.3, 0.4) is 0 Å². The molecule has 28 heavy (non-hydrogen) atoms. The van der Waals surface area contributed by atoms with Crippen molar-refractivity contribution < 1.29 is 31.5 Å². The van der Waals surface area contributed by atoms with E-state index in [2.05, 4.69) is 5.32 Å². The number of ether oxygens (including phenoxy) is 1. The predicted molar refractivity (Wildman–Crippen MR) is 96.7 cm³/mol. The normalized spacial score (nSPS) is 16.8. The van der Waals surface area contributed by atoms with Gasteiger partial charge in [0.2, 0.25) is 10.0 Å². The molecule has 1 aliphatic carbocycles. The van der Waals surface area contributed by atoms with Crippen LogP contribution in [0.1, 0.15) is 45.4 Å². The van der Waals surface area contributed by atoms with Crippen LogP contribution in [0, 0.1) is 11.6 Å². The first-order valence-electron chi connectivity index (χ1n) is 9.14. The Morgan fingerprint density at radius 3 is 2.29 bits per heavy atom. The first kappa shape index (κ1) is 22.2. The van der Waals surface area contributed by atoms with Crippen LogP contribution >= 0.6 is 0 Å². The molecule has 0 radical (unpaired) electrons. The van der Waals surface area contributed by atoms with Crippen LogP contribution in [0.2, 0.25) is 0 Å². The molecule has 0 aliphatic heterocycles. The zero-order valence-electron chi connectivity index (χ0n) is 15.5. The summed E-state index contributed by atoms with van der Waals surface area (Å²) in [5.74, 6) is -4.07. The maximum absolute atomic E-state index is 13.6. The van der Waals surface area contributed by atoms with Crippen molar-refractivity contribution in [2.75, 3.05) is 6.54 Å². The minimum atomic E-state index is -4.60. The first-order chi connectivity index (χ1) is 13.2. The zero-order chi connectivity index (χ0) is 20.7. The third kappa shape index (κ3) is 6.23. The van der Waals surface area contributed by atoms with Crippen LogP contribution in [0.15, 0.2) is 23.1 Å². The summed E-state index contributed by atoms with van der Waals surface area (Å²) >= 11 is 0. The molecule has 1 aromatic carbocycles. The van der Waals surface area contributed by atoms with Crippen molar-refractivity contribution in [3.8, 4) is 0 Å². The largest absolute Gasteiger partial charge is 0.452 e. The Hall–Kier alpha value is -2.07. The van der Waals surface area contributed by atoms with Crippen molar-refractivity contribution >= 4 is 21.9 Å². The van der Waals surface area contributed by atoms with Gasteiger partial charge < -0.3 is 10.1 Å². The van der Waals surface area contributed by atoms with Gasteiger partial charge >= 0.3 is 5.97 Å². The van der Waals surface area contributed by atoms with Gasteiger partial charge in [-0.25, -0.2) is 17.2 Å². The molecule has 2 rings (SSSR count). The predicted octanol–water partition coefficient (Wildman–Crippen LogP) is 2.01. The number of sulfonamides is 1. The van der Waals surface area contributed by atoms with Crippen LogP contribution in [-0.4, -0.2) is 39.0 Å². The van der Waals surface area contributed by atoms with Crippen molar-refractivity contribution in [1.29, 1.82) is 0 Å². The molecule has 1 aromatic rings. The average molecular weight is 418 g/mol. The molecule has 0 aromatic heterocycles. The summed E-state index contributed by atoms with van der Waals surface area (Å²) in [6.07, 6.45) is 4.90. The fraction of sp³-hybridized carbons (Fsp3) is 0.556. The van der Waals surface area contributed by atoms with Gasteiger partial charge in [-0.05, 0) is 31.9 Å². The molecule has 0 unspecified atom stereocenters. The van der Waals surface area contributed by atoms with Crippen molar-refractivity contribution in [2.45, 2.75) is 62.5 Å². The van der Waals surface area contributed by atoms with E-state index in [9.17, 15) is 26.8 Å². The van der Waals surface area contributed by atoms with Gasteiger partial charge in [0.05, 0.1) is 0 Å². The number of rotatable bonds is 7. The van der Waals surface area contributed by atoms with Gasteiger partial charge in [-0.15, -0.1) is 0 Å². The van der Waals surface area contributed by atoms with Crippen molar-refractivity contribution in [2.24, 2.45) is 0 Å². The Morgan fingerprint density at radius 1 is 1.14 bits per heavy atom. The smallest absolute Gasteiger partial charge is 0.321 e. The molecule has 1 saturated carbocycles. The molecule has 2 N–H and O–H groups in total. The fourth-order valence-electron chi connectivity index (χ4n) is 3.00. The number of amides is 1. The number of halogens is 2. The van der Waals surface area contributed by atoms with Crippen molar-refractivity contribution in [3.05, 3.63) is 29.8 Å². The van der Waals surface area contributed by atoms with Crippen LogP contribution in [0.4, 0.5) is 8.78 Å². The van der Waals surface area contributed by atoms with Gasteiger partial charge in [0.25, 0.3) is 5.91 Å². The van der Waals surface area contributed by atoms with E-state index in [0.29, 0.717) is 0 Å². The highest BCUT2D eigenvalue weighted by Gasteiger charge is 2.26. The third-order valence-corrected chi connectivity index (χ3v) is 5.93. The minimum absolute atomic E-state index is 0.0266. The van der Waals surface area contributed by atoms with E-state index in [1.54, 1.807) is 4.72 Å². The molecule has 1 fully saturated rings. The van der Waals surface area contributed by atoms with Crippen molar-refractivity contribution in [1.82, 2.24) is 10.0 Å². The number of hydrogen-bond donors (Lipinski definition) is 2. The number of carbonyl (C=O) groups is 2. The molecular weight excluding hydrogens is 394 g/mol. The standard InChI is InChI=1S/C18H24F2N2O5S/c1-12(18(24)22-13-7-4-2-3-5-8-13)27-16(23)11-21-28(25,26)17-14(19)9-6-10-15(17)20/h6,9-10,12-13,21H,2-5,7-8,11H2,1H3,(H,22,24)/t12-/m1/s1. The second-order valence-corrected chi connectivity index (χ2v) is 8.41. The monoisotopic (exact) mass is 418 g/mol. The van der Waals surface area contributed by atoms with E-state index in [1.165, 1.54) is 6.92 Å². The van der Waals surface area contributed by atoms with E-state index >= 15 is 0 Å². The maximum atomic E-state index is 13.6. The molecule has 1 amide bonds. The van der Waals surface area contributed by atoms with Gasteiger partial charge in [-0.2, -0.15) is 4.72 Å². The molecular formula is C18H24F2N2O5S. The topological polar surface area (TPSA) is 102 Å². The summed E-state index contributed by atoms with van der Waals surface area (Å²) in [6.45, 7) is 0.506. The van der Waals surface area contributed by atoms with E-state index < -0.39 is 51.1 Å². The molecule has 0 saturated heterocycles. The SMILES string of the molecule is C[C@@H](OC(=O)CNS(=O)(=O)c1c(F)cccc1F)C(=O)NC1CCCCCC1. The third-order valence-electron chi connectivity index (χ3n) is 4.47. The Balaban J connectivity index is 1.86. The molecule has 156 valence electrons. The van der Waals surface area contributed by atoms with Crippen molar-refractivity contribution in [3.63, 3.8) is 0 Å². The number of carbonyl (C=O) groups excluding carboxylic acids is 2. The van der Waals surface area contributed by atoms with Crippen LogP contribution in [-0.2, 0) is 24.3 Å². The molecule has 0 heterocycles. The van der Waals surface area contributed by atoms with Crippen LogP contribution in [0.5, 0.6) is 0 Å². The van der Waals surface area contributed by atoms with Crippen LogP contribution < -0.4 is 10.0 Å². The maximum Gasteiger partial charge on any atom is 0.321 e. The number of hydrogen-bond acceptors (Lipinski definition) is 5. The lowest BCUT2D eigenvalue weighted by Crippen LogP contribution is -2.43. The number of benzene rings is 1. The number of esters is 1. The van der Waals surface area contributed by atoms with Crippen LogP contribution in [0.25, 0.3) is 0 Å². The fourth-order valence-corrected chi connectivity index (χ4v) is 4.10. The summed E-state index contributed by atoms with van der Waals surface area (Å²) in [7, 11) is -4.60. The minimum Gasteiger partial charge on any atom is -0.452 e. The lowest BCUT2D eigenvalue weighted by Gasteiger charge is -2.19. The molecule has 0 bridgehead atoms.